The summed E-state index contributed by atoms with van der Waals surface area (Å²) in [5.74, 6) is -0.852. The van der Waals surface area contributed by atoms with E-state index in [0.29, 0.717) is 13.1 Å². The Hall–Kier alpha value is 0.390. The molecular weight excluding hydrogens is 157 g/mol. The number of aliphatic carboxylic acids is 1. The molecule has 0 saturated heterocycles. The topological polar surface area (TPSA) is 60.8 Å². The molecule has 0 aliphatic rings. The number of carboxylic acids is 1. The molecule has 0 saturated carbocycles. The minimum atomic E-state index is -0.852. The van der Waals surface area contributed by atoms with Gasteiger partial charge in [0, 0.05) is 36.1 Å². The van der Waals surface area contributed by atoms with Crippen LogP contribution in [0, 0.1) is 0 Å². The number of carbonyl (C=O) groups is 1. The standard InChI is InChI=1S/C6H13NO3.Na/c1-2-7(3-4-8)5-6(9)10;/h8H,2-5H2,1H3,(H,9,10);. The SMILES string of the molecule is CCN(CCO)CC(=O)O.[Na]. The molecule has 2 N–H and O–H groups in total. The Morgan fingerprint density at radius 2 is 2.09 bits per heavy atom. The number of hydrogen-bond acceptors (Lipinski definition) is 3. The smallest absolute Gasteiger partial charge is 0.317 e. The third kappa shape index (κ3) is 8.29. The van der Waals surface area contributed by atoms with Crippen molar-refractivity contribution in [3.05, 3.63) is 0 Å². The number of hydrogen-bond donors (Lipinski definition) is 2. The van der Waals surface area contributed by atoms with E-state index in [4.69, 9.17) is 10.2 Å². The van der Waals surface area contributed by atoms with Gasteiger partial charge in [0.15, 0.2) is 0 Å². The van der Waals surface area contributed by atoms with Crippen molar-refractivity contribution in [2.75, 3.05) is 26.2 Å². The van der Waals surface area contributed by atoms with Gasteiger partial charge in [0.25, 0.3) is 0 Å². The summed E-state index contributed by atoms with van der Waals surface area (Å²) in [5, 5.41) is 16.8. The van der Waals surface area contributed by atoms with Gasteiger partial charge in [-0.15, -0.1) is 0 Å². The first-order chi connectivity index (χ1) is 4.70. The molecule has 0 fully saturated rings. The summed E-state index contributed by atoms with van der Waals surface area (Å²) < 4.78 is 0. The fourth-order valence-corrected chi connectivity index (χ4v) is 0.682. The van der Waals surface area contributed by atoms with Crippen LogP contribution in [0.3, 0.4) is 0 Å². The molecule has 1 radical (unpaired) electrons. The largest absolute Gasteiger partial charge is 0.480 e. The van der Waals surface area contributed by atoms with Crippen molar-refractivity contribution in [1.29, 1.82) is 0 Å². The molecule has 0 bridgehead atoms. The molecule has 0 aliphatic heterocycles. The predicted octanol–water partition coefficient (Wildman–Crippen LogP) is -0.996. The molecule has 0 amide bonds. The second-order valence-electron chi connectivity index (χ2n) is 1.99. The zero-order valence-electron chi connectivity index (χ0n) is 7.08. The number of likely N-dealkylation sites (N-methyl/N-ethyl adjacent to an activating group) is 1. The summed E-state index contributed by atoms with van der Waals surface area (Å²) in [6, 6.07) is 0. The van der Waals surface area contributed by atoms with E-state index >= 15 is 0 Å². The molecule has 0 aromatic heterocycles. The van der Waals surface area contributed by atoms with Crippen LogP contribution in [-0.4, -0.2) is 76.9 Å². The summed E-state index contributed by atoms with van der Waals surface area (Å²) in [7, 11) is 0. The molecule has 0 aliphatic carbocycles. The van der Waals surface area contributed by atoms with Crippen LogP contribution in [0.4, 0.5) is 0 Å². The van der Waals surface area contributed by atoms with Gasteiger partial charge in [0.05, 0.1) is 13.2 Å². The third-order valence-electron chi connectivity index (χ3n) is 1.22. The molecule has 0 unspecified atom stereocenters. The molecule has 4 nitrogen and oxygen atoms in total. The van der Waals surface area contributed by atoms with Crippen molar-refractivity contribution in [2.24, 2.45) is 0 Å². The van der Waals surface area contributed by atoms with Crippen LogP contribution in [0.5, 0.6) is 0 Å². The van der Waals surface area contributed by atoms with E-state index in [2.05, 4.69) is 0 Å². The minimum Gasteiger partial charge on any atom is -0.480 e. The van der Waals surface area contributed by atoms with E-state index in [0.717, 1.165) is 0 Å². The van der Waals surface area contributed by atoms with E-state index < -0.39 is 5.97 Å². The summed E-state index contributed by atoms with van der Waals surface area (Å²) in [6.45, 7) is 2.98. The third-order valence-corrected chi connectivity index (χ3v) is 1.22. The van der Waals surface area contributed by atoms with Gasteiger partial charge in [-0.25, -0.2) is 0 Å². The van der Waals surface area contributed by atoms with Gasteiger partial charge in [-0.1, -0.05) is 6.92 Å². The minimum absolute atomic E-state index is 0. The molecule has 0 atom stereocenters. The average Bonchev–Trinajstić information content (AvgIpc) is 1.86. The Labute approximate surface area is 88.5 Å². The van der Waals surface area contributed by atoms with Crippen molar-refractivity contribution in [2.45, 2.75) is 6.92 Å². The van der Waals surface area contributed by atoms with E-state index in [1.807, 2.05) is 6.92 Å². The second-order valence-corrected chi connectivity index (χ2v) is 1.99. The average molecular weight is 170 g/mol. The van der Waals surface area contributed by atoms with Crippen molar-refractivity contribution < 1.29 is 15.0 Å². The Bertz CT molecular complexity index is 110. The first-order valence-electron chi connectivity index (χ1n) is 3.25. The molecule has 0 rings (SSSR count). The maximum Gasteiger partial charge on any atom is 0.317 e. The number of rotatable bonds is 5. The van der Waals surface area contributed by atoms with Gasteiger partial charge in [0.2, 0.25) is 0 Å². The van der Waals surface area contributed by atoms with E-state index in [-0.39, 0.29) is 42.7 Å². The monoisotopic (exact) mass is 170 g/mol. The molecule has 0 aromatic rings. The molecule has 61 valence electrons. The number of carboxylic acid groups (broad SMARTS) is 1. The van der Waals surface area contributed by atoms with Crippen molar-refractivity contribution in [1.82, 2.24) is 4.90 Å². The van der Waals surface area contributed by atoms with Crippen molar-refractivity contribution in [3.8, 4) is 0 Å². The first-order valence-corrected chi connectivity index (χ1v) is 3.25. The Morgan fingerprint density at radius 3 is 2.36 bits per heavy atom. The van der Waals surface area contributed by atoms with Gasteiger partial charge in [-0.3, -0.25) is 9.69 Å². The molecule has 0 spiro atoms. The number of aliphatic hydroxyl groups excluding tert-OH is 1. The zero-order chi connectivity index (χ0) is 7.98. The molecule has 11 heavy (non-hydrogen) atoms. The van der Waals surface area contributed by atoms with Gasteiger partial charge in [-0.2, -0.15) is 0 Å². The van der Waals surface area contributed by atoms with Gasteiger partial charge in [0.1, 0.15) is 0 Å². The van der Waals surface area contributed by atoms with Crippen molar-refractivity contribution >= 4 is 35.5 Å². The number of nitrogens with zero attached hydrogens (tertiary/aromatic N) is 1. The Morgan fingerprint density at radius 1 is 1.55 bits per heavy atom. The van der Waals surface area contributed by atoms with Crippen LogP contribution in [0.25, 0.3) is 0 Å². The van der Waals surface area contributed by atoms with Gasteiger partial charge < -0.3 is 10.2 Å². The van der Waals surface area contributed by atoms with E-state index in [1.54, 1.807) is 4.90 Å². The van der Waals surface area contributed by atoms with Crippen LogP contribution in [0.15, 0.2) is 0 Å². The maximum atomic E-state index is 10.1. The molecule has 0 aromatic carbocycles. The zero-order valence-corrected chi connectivity index (χ0v) is 9.08. The summed E-state index contributed by atoms with van der Waals surface area (Å²) in [4.78, 5) is 11.8. The summed E-state index contributed by atoms with van der Waals surface area (Å²) in [6.07, 6.45) is 0. The Balaban J connectivity index is 0. The predicted molar refractivity (Wildman–Crippen MR) is 42.6 cm³/mol. The summed E-state index contributed by atoms with van der Waals surface area (Å²) in [5.41, 5.74) is 0. The fourth-order valence-electron chi connectivity index (χ4n) is 0.682. The molecular formula is C6H13NNaO3. The second kappa shape index (κ2) is 8.49. The maximum absolute atomic E-state index is 10.1. The van der Waals surface area contributed by atoms with Crippen LogP contribution < -0.4 is 0 Å². The molecule has 0 heterocycles. The van der Waals surface area contributed by atoms with Crippen LogP contribution in [0.1, 0.15) is 6.92 Å². The van der Waals surface area contributed by atoms with Crippen LogP contribution >= 0.6 is 0 Å². The normalized spacial score (nSPS) is 9.36. The first kappa shape index (κ1) is 13.9. The van der Waals surface area contributed by atoms with Gasteiger partial charge >= 0.3 is 5.97 Å². The van der Waals surface area contributed by atoms with Gasteiger partial charge in [-0.05, 0) is 6.54 Å². The van der Waals surface area contributed by atoms with Crippen LogP contribution in [-0.2, 0) is 4.79 Å². The van der Waals surface area contributed by atoms with Crippen LogP contribution in [0.2, 0.25) is 0 Å². The Kier molecular flexibility index (Phi) is 10.8. The van der Waals surface area contributed by atoms with E-state index in [1.165, 1.54) is 0 Å². The quantitative estimate of drug-likeness (QED) is 0.520. The summed E-state index contributed by atoms with van der Waals surface area (Å²) >= 11 is 0. The molecule has 5 heteroatoms. The van der Waals surface area contributed by atoms with Crippen molar-refractivity contribution in [3.63, 3.8) is 0 Å². The number of aliphatic hydroxyl groups is 1. The van der Waals surface area contributed by atoms with E-state index in [9.17, 15) is 4.79 Å². The fraction of sp³-hybridized carbons (Fsp3) is 0.833.